The molecule has 0 aromatic carbocycles. The second-order valence-corrected chi connectivity index (χ2v) is 5.72. The van der Waals surface area contributed by atoms with Gasteiger partial charge < -0.3 is 15.7 Å². The van der Waals surface area contributed by atoms with Gasteiger partial charge in [0.05, 0.1) is 6.54 Å². The van der Waals surface area contributed by atoms with E-state index in [2.05, 4.69) is 17.6 Å². The first kappa shape index (κ1) is 14.1. The number of nitrogens with zero attached hydrogens (tertiary/aromatic N) is 1. The maximum absolute atomic E-state index is 11.6. The zero-order chi connectivity index (χ0) is 14.0. The minimum Gasteiger partial charge on any atom is -0.480 e. The van der Waals surface area contributed by atoms with Gasteiger partial charge in [-0.2, -0.15) is 0 Å². The van der Waals surface area contributed by atoms with E-state index in [0.717, 1.165) is 25.8 Å². The summed E-state index contributed by atoms with van der Waals surface area (Å²) in [5, 5.41) is 14.7. The molecule has 0 aliphatic heterocycles. The second-order valence-electron chi connectivity index (χ2n) is 5.72. The molecule has 6 heteroatoms. The van der Waals surface area contributed by atoms with E-state index in [1.807, 2.05) is 11.8 Å². The standard InChI is InChI=1S/C13H23N3O3/c1-3-16(7-12(17)18)10-5-9(6-10)14-13(19)15-11-4-8(11)2/h8-11H,3-7H2,1-2H3,(H,17,18)(H2,14,15,19). The van der Waals surface area contributed by atoms with Crippen molar-refractivity contribution in [2.24, 2.45) is 5.92 Å². The van der Waals surface area contributed by atoms with Crippen LogP contribution in [0, 0.1) is 5.92 Å². The number of carbonyl (C=O) groups is 2. The molecule has 2 fully saturated rings. The fourth-order valence-corrected chi connectivity index (χ4v) is 2.60. The maximum atomic E-state index is 11.6. The van der Waals surface area contributed by atoms with Gasteiger partial charge in [-0.15, -0.1) is 0 Å². The van der Waals surface area contributed by atoms with E-state index < -0.39 is 5.97 Å². The normalized spacial score (nSPS) is 32.6. The van der Waals surface area contributed by atoms with Crippen LogP contribution in [0.15, 0.2) is 0 Å². The molecule has 19 heavy (non-hydrogen) atoms. The van der Waals surface area contributed by atoms with Gasteiger partial charge in [0, 0.05) is 18.1 Å². The molecule has 2 rings (SSSR count). The molecule has 2 saturated carbocycles. The summed E-state index contributed by atoms with van der Waals surface area (Å²) < 4.78 is 0. The molecule has 2 unspecified atom stereocenters. The molecule has 2 amide bonds. The molecule has 0 heterocycles. The number of urea groups is 1. The molecular formula is C13H23N3O3. The summed E-state index contributed by atoms with van der Waals surface area (Å²) in [5.41, 5.74) is 0. The van der Waals surface area contributed by atoms with Gasteiger partial charge in [0.1, 0.15) is 0 Å². The minimum atomic E-state index is -0.793. The monoisotopic (exact) mass is 269 g/mol. The third-order valence-corrected chi connectivity index (χ3v) is 4.14. The number of carboxylic acid groups (broad SMARTS) is 1. The van der Waals surface area contributed by atoms with Crippen LogP contribution in [0.4, 0.5) is 4.79 Å². The van der Waals surface area contributed by atoms with Crippen LogP contribution in [0.3, 0.4) is 0 Å². The Labute approximate surface area is 113 Å². The summed E-state index contributed by atoms with van der Waals surface area (Å²) in [4.78, 5) is 24.3. The van der Waals surface area contributed by atoms with Crippen molar-refractivity contribution in [3.8, 4) is 0 Å². The summed E-state index contributed by atoms with van der Waals surface area (Å²) >= 11 is 0. The minimum absolute atomic E-state index is 0.0830. The number of rotatable bonds is 6. The zero-order valence-electron chi connectivity index (χ0n) is 11.6. The first-order chi connectivity index (χ1) is 8.99. The maximum Gasteiger partial charge on any atom is 0.317 e. The number of nitrogens with one attached hydrogen (secondary N) is 2. The van der Waals surface area contributed by atoms with Crippen LogP contribution in [0.2, 0.25) is 0 Å². The van der Waals surface area contributed by atoms with E-state index in [1.165, 1.54) is 0 Å². The molecule has 0 saturated heterocycles. The van der Waals surface area contributed by atoms with Crippen molar-refractivity contribution in [2.75, 3.05) is 13.1 Å². The van der Waals surface area contributed by atoms with E-state index in [4.69, 9.17) is 5.11 Å². The largest absolute Gasteiger partial charge is 0.480 e. The Bertz CT molecular complexity index is 355. The number of hydrogen-bond donors (Lipinski definition) is 3. The van der Waals surface area contributed by atoms with Gasteiger partial charge in [0.15, 0.2) is 0 Å². The fraction of sp³-hybridized carbons (Fsp3) is 0.846. The van der Waals surface area contributed by atoms with Crippen molar-refractivity contribution in [1.29, 1.82) is 0 Å². The van der Waals surface area contributed by atoms with Crippen molar-refractivity contribution in [3.63, 3.8) is 0 Å². The highest BCUT2D eigenvalue weighted by atomic mass is 16.4. The predicted molar refractivity (Wildman–Crippen MR) is 70.9 cm³/mol. The smallest absolute Gasteiger partial charge is 0.317 e. The molecule has 0 radical (unpaired) electrons. The van der Waals surface area contributed by atoms with Gasteiger partial charge >= 0.3 is 12.0 Å². The average Bonchev–Trinajstić information content (AvgIpc) is 2.95. The Hall–Kier alpha value is -1.30. The number of aliphatic carboxylic acids is 1. The van der Waals surface area contributed by atoms with Crippen LogP contribution in [-0.2, 0) is 4.79 Å². The number of hydrogen-bond acceptors (Lipinski definition) is 3. The number of carbonyl (C=O) groups excluding carboxylic acids is 1. The fourth-order valence-electron chi connectivity index (χ4n) is 2.60. The number of carboxylic acids is 1. The summed E-state index contributed by atoms with van der Waals surface area (Å²) in [6.07, 6.45) is 2.76. The van der Waals surface area contributed by atoms with Crippen LogP contribution < -0.4 is 10.6 Å². The molecule has 0 aromatic heterocycles. The molecule has 2 aliphatic rings. The SMILES string of the molecule is CCN(CC(=O)O)C1CC(NC(=O)NC2CC2C)C1. The van der Waals surface area contributed by atoms with Gasteiger partial charge in [0.2, 0.25) is 0 Å². The third-order valence-electron chi connectivity index (χ3n) is 4.14. The van der Waals surface area contributed by atoms with Crippen LogP contribution in [-0.4, -0.2) is 53.2 Å². The lowest BCUT2D eigenvalue weighted by molar-refractivity contribution is -0.139. The summed E-state index contributed by atoms with van der Waals surface area (Å²) in [6.45, 7) is 4.90. The predicted octanol–water partition coefficient (Wildman–Crippen LogP) is 0.632. The van der Waals surface area contributed by atoms with Crippen LogP contribution in [0.1, 0.15) is 33.1 Å². The van der Waals surface area contributed by atoms with E-state index in [1.54, 1.807) is 0 Å². The topological polar surface area (TPSA) is 81.7 Å². The quantitative estimate of drug-likeness (QED) is 0.660. The lowest BCUT2D eigenvalue weighted by Crippen LogP contribution is -2.56. The Morgan fingerprint density at radius 2 is 1.89 bits per heavy atom. The zero-order valence-corrected chi connectivity index (χ0v) is 11.6. The molecule has 0 aromatic rings. The van der Waals surface area contributed by atoms with Crippen LogP contribution >= 0.6 is 0 Å². The molecule has 2 aliphatic carbocycles. The van der Waals surface area contributed by atoms with E-state index in [-0.39, 0.29) is 24.7 Å². The summed E-state index contributed by atoms with van der Waals surface area (Å²) in [7, 11) is 0. The van der Waals surface area contributed by atoms with Crippen molar-refractivity contribution >= 4 is 12.0 Å². The van der Waals surface area contributed by atoms with Crippen molar-refractivity contribution < 1.29 is 14.7 Å². The molecule has 2 atom stereocenters. The van der Waals surface area contributed by atoms with Gasteiger partial charge in [-0.25, -0.2) is 4.79 Å². The molecule has 0 bridgehead atoms. The second kappa shape index (κ2) is 5.77. The first-order valence-electron chi connectivity index (χ1n) is 7.02. The molecule has 6 nitrogen and oxygen atoms in total. The van der Waals surface area contributed by atoms with E-state index in [9.17, 15) is 9.59 Å². The molecular weight excluding hydrogens is 246 g/mol. The molecule has 108 valence electrons. The van der Waals surface area contributed by atoms with Crippen LogP contribution in [0.25, 0.3) is 0 Å². The Balaban J connectivity index is 1.64. The summed E-state index contributed by atoms with van der Waals surface area (Å²) in [5.74, 6) is -0.190. The lowest BCUT2D eigenvalue weighted by atomic mass is 9.85. The number of likely N-dealkylation sites (N-methyl/N-ethyl adjacent to an activating group) is 1. The Morgan fingerprint density at radius 1 is 1.26 bits per heavy atom. The van der Waals surface area contributed by atoms with Crippen LogP contribution in [0.5, 0.6) is 0 Å². The van der Waals surface area contributed by atoms with E-state index >= 15 is 0 Å². The molecule has 3 N–H and O–H groups in total. The highest BCUT2D eigenvalue weighted by Crippen LogP contribution is 2.29. The van der Waals surface area contributed by atoms with Crippen molar-refractivity contribution in [3.05, 3.63) is 0 Å². The van der Waals surface area contributed by atoms with Crippen molar-refractivity contribution in [1.82, 2.24) is 15.5 Å². The van der Waals surface area contributed by atoms with Gasteiger partial charge in [0.25, 0.3) is 0 Å². The number of amides is 2. The average molecular weight is 269 g/mol. The Kier molecular flexibility index (Phi) is 4.29. The Morgan fingerprint density at radius 3 is 2.37 bits per heavy atom. The highest BCUT2D eigenvalue weighted by molar-refractivity contribution is 5.75. The van der Waals surface area contributed by atoms with Gasteiger partial charge in [-0.05, 0) is 31.7 Å². The molecule has 0 spiro atoms. The van der Waals surface area contributed by atoms with Gasteiger partial charge in [-0.1, -0.05) is 13.8 Å². The summed E-state index contributed by atoms with van der Waals surface area (Å²) in [6, 6.07) is 0.724. The highest BCUT2D eigenvalue weighted by Gasteiger charge is 2.37. The van der Waals surface area contributed by atoms with E-state index in [0.29, 0.717) is 12.0 Å². The van der Waals surface area contributed by atoms with Crippen molar-refractivity contribution in [2.45, 2.75) is 51.2 Å². The first-order valence-corrected chi connectivity index (χ1v) is 7.02. The lowest BCUT2D eigenvalue weighted by Gasteiger charge is -2.42. The van der Waals surface area contributed by atoms with Gasteiger partial charge in [-0.3, -0.25) is 9.69 Å². The third kappa shape index (κ3) is 3.83.